The molecule has 0 aliphatic carbocycles. The van der Waals surface area contributed by atoms with Crippen LogP contribution in [0.2, 0.25) is 0 Å². The van der Waals surface area contributed by atoms with Crippen molar-refractivity contribution < 1.29 is 9.50 Å². The molecule has 2 atom stereocenters. The van der Waals surface area contributed by atoms with E-state index in [0.717, 1.165) is 36.8 Å². The molecule has 25 heavy (non-hydrogen) atoms. The Morgan fingerprint density at radius 1 is 1.44 bits per heavy atom. The molecule has 6 nitrogen and oxygen atoms in total. The molecule has 4 N–H and O–H groups in total. The summed E-state index contributed by atoms with van der Waals surface area (Å²) in [6.07, 6.45) is 1.05. The molecule has 1 aliphatic heterocycles. The highest BCUT2D eigenvalue weighted by atomic mass is 19.1. The number of aryl methyl sites for hydroxylation is 1. The van der Waals surface area contributed by atoms with Gasteiger partial charge in [0.05, 0.1) is 11.6 Å². The van der Waals surface area contributed by atoms with Gasteiger partial charge in [0, 0.05) is 31.4 Å². The molecule has 2 aromatic rings. The lowest BCUT2D eigenvalue weighted by Gasteiger charge is -2.35. The smallest absolute Gasteiger partial charge is 0.156 e. The van der Waals surface area contributed by atoms with Crippen molar-refractivity contribution in [1.82, 2.24) is 14.7 Å². The zero-order valence-corrected chi connectivity index (χ0v) is 15.0. The topological polar surface area (TPSA) is 79.3 Å². The van der Waals surface area contributed by atoms with Crippen molar-refractivity contribution in [3.05, 3.63) is 23.5 Å². The van der Waals surface area contributed by atoms with Crippen molar-refractivity contribution in [3.63, 3.8) is 0 Å². The van der Waals surface area contributed by atoms with Gasteiger partial charge in [0.25, 0.3) is 0 Å². The molecular formula is C18H28FN5O. The number of rotatable bonds is 6. The van der Waals surface area contributed by atoms with E-state index in [9.17, 15) is 9.50 Å². The molecule has 2 heterocycles. The molecule has 0 spiro atoms. The molecule has 1 aromatic heterocycles. The third-order valence-corrected chi connectivity index (χ3v) is 5.15. The molecule has 1 aromatic carbocycles. The fourth-order valence-electron chi connectivity index (χ4n) is 3.66. The zero-order valence-electron chi connectivity index (χ0n) is 15.0. The van der Waals surface area contributed by atoms with Crippen molar-refractivity contribution >= 4 is 16.7 Å². The summed E-state index contributed by atoms with van der Waals surface area (Å²) in [6, 6.07) is 3.39. The van der Waals surface area contributed by atoms with E-state index in [-0.39, 0.29) is 11.7 Å². The Labute approximate surface area is 147 Å². The van der Waals surface area contributed by atoms with Gasteiger partial charge in [-0.1, -0.05) is 6.92 Å². The summed E-state index contributed by atoms with van der Waals surface area (Å²) in [5, 5.41) is 18.9. The Balaban J connectivity index is 1.90. The Kier molecular flexibility index (Phi) is 5.56. The van der Waals surface area contributed by atoms with E-state index in [1.165, 1.54) is 0 Å². The number of aliphatic hydroxyl groups is 1. The van der Waals surface area contributed by atoms with Gasteiger partial charge < -0.3 is 21.1 Å². The van der Waals surface area contributed by atoms with Gasteiger partial charge in [0.1, 0.15) is 5.82 Å². The van der Waals surface area contributed by atoms with Crippen molar-refractivity contribution in [2.75, 3.05) is 38.0 Å². The van der Waals surface area contributed by atoms with Crippen LogP contribution in [0.1, 0.15) is 31.2 Å². The molecule has 0 bridgehead atoms. The molecule has 1 saturated heterocycles. The number of piperidine rings is 1. The van der Waals surface area contributed by atoms with Gasteiger partial charge in [-0.15, -0.1) is 0 Å². The second-order valence-electron chi connectivity index (χ2n) is 6.79. The van der Waals surface area contributed by atoms with Crippen molar-refractivity contribution in [3.8, 4) is 0 Å². The number of hydrogen-bond donors (Lipinski definition) is 3. The highest BCUT2D eigenvalue weighted by molar-refractivity contribution is 5.91. The predicted molar refractivity (Wildman–Crippen MR) is 98.3 cm³/mol. The molecule has 7 heteroatoms. The van der Waals surface area contributed by atoms with Gasteiger partial charge in [0.2, 0.25) is 0 Å². The number of likely N-dealkylation sites (tertiary alicyclic amines) is 1. The van der Waals surface area contributed by atoms with Crippen LogP contribution in [0, 0.1) is 5.82 Å². The second kappa shape index (κ2) is 7.68. The number of anilines is 1. The highest BCUT2D eigenvalue weighted by Gasteiger charge is 2.30. The van der Waals surface area contributed by atoms with Crippen LogP contribution in [-0.2, 0) is 7.05 Å². The van der Waals surface area contributed by atoms with E-state index in [1.807, 2.05) is 13.1 Å². The number of nitrogens with two attached hydrogens (primary N) is 1. The molecule has 3 rings (SSSR count). The van der Waals surface area contributed by atoms with Crippen LogP contribution in [-0.4, -0.2) is 58.6 Å². The molecule has 1 fully saturated rings. The summed E-state index contributed by atoms with van der Waals surface area (Å²) in [7, 11) is 1.86. The van der Waals surface area contributed by atoms with E-state index in [4.69, 9.17) is 5.73 Å². The lowest BCUT2D eigenvalue weighted by atomic mass is 9.86. The van der Waals surface area contributed by atoms with Crippen LogP contribution < -0.4 is 11.1 Å². The SMILES string of the molecule is CCN1CCC(c2cc3c(cc2F)c(NCCCN)nn3C)C(O)C1. The van der Waals surface area contributed by atoms with E-state index in [1.54, 1.807) is 10.7 Å². The minimum absolute atomic E-state index is 0.171. The standard InChI is InChI=1S/C18H28FN5O/c1-3-24-8-5-12(17(25)11-24)13-10-16-14(9-15(13)19)18(22-23(16)2)21-7-4-6-20/h9-10,12,17,25H,3-8,11,20H2,1-2H3,(H,21,22). The van der Waals surface area contributed by atoms with Crippen LogP contribution in [0.4, 0.5) is 10.2 Å². The monoisotopic (exact) mass is 349 g/mol. The van der Waals surface area contributed by atoms with Gasteiger partial charge in [-0.3, -0.25) is 4.68 Å². The lowest BCUT2D eigenvalue weighted by molar-refractivity contribution is 0.0529. The molecule has 138 valence electrons. The first-order chi connectivity index (χ1) is 12.0. The minimum Gasteiger partial charge on any atom is -0.391 e. The first-order valence-corrected chi connectivity index (χ1v) is 9.05. The minimum atomic E-state index is -0.545. The number of aromatic nitrogens is 2. The molecular weight excluding hydrogens is 321 g/mol. The third kappa shape index (κ3) is 3.63. The number of benzene rings is 1. The van der Waals surface area contributed by atoms with Crippen molar-refractivity contribution in [2.24, 2.45) is 12.8 Å². The fraction of sp³-hybridized carbons (Fsp3) is 0.611. The molecule has 0 amide bonds. The van der Waals surface area contributed by atoms with E-state index in [2.05, 4.69) is 22.2 Å². The Hall–Kier alpha value is -1.70. The second-order valence-corrected chi connectivity index (χ2v) is 6.79. The number of nitrogens with one attached hydrogen (secondary N) is 1. The lowest BCUT2D eigenvalue weighted by Crippen LogP contribution is -2.42. The number of β-amino-alcohol motifs (C(OH)–C–C–N with tert-alkyl or cyclic N) is 1. The first-order valence-electron chi connectivity index (χ1n) is 9.05. The quantitative estimate of drug-likeness (QED) is 0.691. The molecule has 0 radical (unpaired) electrons. The van der Waals surface area contributed by atoms with E-state index < -0.39 is 6.10 Å². The number of hydrogen-bond acceptors (Lipinski definition) is 5. The molecule has 2 unspecified atom stereocenters. The third-order valence-electron chi connectivity index (χ3n) is 5.15. The van der Waals surface area contributed by atoms with Crippen LogP contribution >= 0.6 is 0 Å². The summed E-state index contributed by atoms with van der Waals surface area (Å²) >= 11 is 0. The summed E-state index contributed by atoms with van der Waals surface area (Å²) in [6.45, 7) is 5.77. The van der Waals surface area contributed by atoms with Crippen LogP contribution in [0.3, 0.4) is 0 Å². The summed E-state index contributed by atoms with van der Waals surface area (Å²) in [4.78, 5) is 2.20. The van der Waals surface area contributed by atoms with Gasteiger partial charge >= 0.3 is 0 Å². The summed E-state index contributed by atoms with van der Waals surface area (Å²) in [5.74, 6) is 0.241. The van der Waals surface area contributed by atoms with E-state index in [0.29, 0.717) is 31.0 Å². The normalized spacial score (nSPS) is 21.8. The predicted octanol–water partition coefficient (Wildman–Crippen LogP) is 1.64. The zero-order chi connectivity index (χ0) is 18.0. The molecule has 0 saturated carbocycles. The van der Waals surface area contributed by atoms with Gasteiger partial charge in [-0.25, -0.2) is 4.39 Å². The van der Waals surface area contributed by atoms with Gasteiger partial charge in [-0.2, -0.15) is 5.10 Å². The number of likely N-dealkylation sites (N-methyl/N-ethyl adjacent to an activating group) is 1. The van der Waals surface area contributed by atoms with E-state index >= 15 is 0 Å². The van der Waals surface area contributed by atoms with Crippen LogP contribution in [0.15, 0.2) is 12.1 Å². The first kappa shape index (κ1) is 18.1. The van der Waals surface area contributed by atoms with Crippen molar-refractivity contribution in [2.45, 2.75) is 31.8 Å². The van der Waals surface area contributed by atoms with Crippen LogP contribution in [0.25, 0.3) is 10.9 Å². The maximum Gasteiger partial charge on any atom is 0.156 e. The van der Waals surface area contributed by atoms with Gasteiger partial charge in [-0.05, 0) is 50.2 Å². The average molecular weight is 349 g/mol. The Bertz CT molecular complexity index is 732. The Morgan fingerprint density at radius 3 is 2.92 bits per heavy atom. The summed E-state index contributed by atoms with van der Waals surface area (Å²) in [5.41, 5.74) is 6.98. The fourth-order valence-corrected chi connectivity index (χ4v) is 3.66. The maximum absolute atomic E-state index is 14.8. The molecule has 1 aliphatic rings. The van der Waals surface area contributed by atoms with Crippen LogP contribution in [0.5, 0.6) is 0 Å². The maximum atomic E-state index is 14.8. The number of nitrogens with zero attached hydrogens (tertiary/aromatic N) is 3. The largest absolute Gasteiger partial charge is 0.391 e. The van der Waals surface area contributed by atoms with Gasteiger partial charge in [0.15, 0.2) is 5.82 Å². The highest BCUT2D eigenvalue weighted by Crippen LogP contribution is 2.34. The number of fused-ring (bicyclic) bond motifs is 1. The number of halogens is 1. The van der Waals surface area contributed by atoms with Crippen molar-refractivity contribution in [1.29, 1.82) is 0 Å². The number of aliphatic hydroxyl groups excluding tert-OH is 1. The average Bonchev–Trinajstić information content (AvgIpc) is 2.90. The summed E-state index contributed by atoms with van der Waals surface area (Å²) < 4.78 is 16.6. The Morgan fingerprint density at radius 2 is 2.24 bits per heavy atom.